The molecule has 0 radical (unpaired) electrons. The zero-order valence-corrected chi connectivity index (χ0v) is 21.9. The zero-order valence-electron chi connectivity index (χ0n) is 21.0. The Bertz CT molecular complexity index is 2120. The van der Waals surface area contributed by atoms with Gasteiger partial charge in [-0.2, -0.15) is 0 Å². The lowest BCUT2D eigenvalue weighted by Gasteiger charge is -2.19. The molecule has 184 valence electrons. The third-order valence-electron chi connectivity index (χ3n) is 8.35. The average Bonchev–Trinajstić information content (AvgIpc) is 3.66. The van der Waals surface area contributed by atoms with Crippen LogP contribution in [0.15, 0.2) is 127 Å². The highest BCUT2D eigenvalue weighted by atomic mass is 32.1. The molecular weight excluding hydrogens is 494 g/mol. The first kappa shape index (κ1) is 21.3. The fourth-order valence-electron chi connectivity index (χ4n) is 6.58. The van der Waals surface area contributed by atoms with E-state index in [0.29, 0.717) is 0 Å². The van der Waals surface area contributed by atoms with Crippen molar-refractivity contribution < 1.29 is 4.74 Å². The van der Waals surface area contributed by atoms with Gasteiger partial charge in [0.1, 0.15) is 11.9 Å². The third kappa shape index (κ3) is 3.02. The highest BCUT2D eigenvalue weighted by Gasteiger charge is 2.33. The molecule has 2 unspecified atom stereocenters. The van der Waals surface area contributed by atoms with E-state index in [1.807, 2.05) is 11.3 Å². The standard InChI is InChI=1S/C36H23NOS/c1-4-13-31-25(8-1)26-9-2-5-14-32(26)37(31)23-17-18-28-29-12-7-11-24(36(29)39-35(28)21-23)22-16-19-34-30(20-22)27-10-3-6-15-33(27)38-34/h1-21,30,34H. The number of thiophene rings is 1. The Kier molecular flexibility index (Phi) is 4.35. The van der Waals surface area contributed by atoms with Crippen molar-refractivity contribution in [2.75, 3.05) is 0 Å². The number of para-hydroxylation sites is 3. The Morgan fingerprint density at radius 2 is 1.41 bits per heavy atom. The monoisotopic (exact) mass is 517 g/mol. The zero-order chi connectivity index (χ0) is 25.5. The van der Waals surface area contributed by atoms with E-state index in [1.54, 1.807) is 0 Å². The molecule has 1 aliphatic carbocycles. The van der Waals surface area contributed by atoms with E-state index in [1.165, 1.54) is 64.4 Å². The van der Waals surface area contributed by atoms with Crippen molar-refractivity contribution in [3.8, 4) is 11.4 Å². The number of allylic oxidation sites excluding steroid dienone is 2. The van der Waals surface area contributed by atoms with Crippen LogP contribution in [-0.4, -0.2) is 10.7 Å². The van der Waals surface area contributed by atoms with E-state index in [-0.39, 0.29) is 12.0 Å². The van der Waals surface area contributed by atoms with Gasteiger partial charge in [-0.25, -0.2) is 0 Å². The summed E-state index contributed by atoms with van der Waals surface area (Å²) in [5.74, 6) is 1.26. The first-order valence-electron chi connectivity index (χ1n) is 13.4. The molecule has 0 bridgehead atoms. The first-order chi connectivity index (χ1) is 19.3. The van der Waals surface area contributed by atoms with Gasteiger partial charge in [-0.05, 0) is 47.5 Å². The summed E-state index contributed by atoms with van der Waals surface area (Å²) < 4.78 is 11.3. The van der Waals surface area contributed by atoms with Crippen LogP contribution >= 0.6 is 11.3 Å². The molecule has 7 aromatic rings. The Labute approximate surface area is 229 Å². The Morgan fingerprint density at radius 1 is 0.667 bits per heavy atom. The summed E-state index contributed by atoms with van der Waals surface area (Å²) in [5.41, 5.74) is 7.54. The predicted molar refractivity (Wildman–Crippen MR) is 164 cm³/mol. The van der Waals surface area contributed by atoms with Gasteiger partial charge in [0.15, 0.2) is 0 Å². The second kappa shape index (κ2) is 7.95. The van der Waals surface area contributed by atoms with Crippen LogP contribution in [0, 0.1) is 0 Å². The van der Waals surface area contributed by atoms with Gasteiger partial charge in [0.25, 0.3) is 0 Å². The van der Waals surface area contributed by atoms with Crippen LogP contribution in [0.4, 0.5) is 0 Å². The van der Waals surface area contributed by atoms with Crippen LogP contribution in [-0.2, 0) is 0 Å². The fourth-order valence-corrected chi connectivity index (χ4v) is 7.86. The molecule has 3 heteroatoms. The molecule has 0 saturated heterocycles. The van der Waals surface area contributed by atoms with Gasteiger partial charge in [-0.1, -0.05) is 91.0 Å². The number of fused-ring (bicyclic) bond motifs is 9. The number of nitrogens with zero attached hydrogens (tertiary/aromatic N) is 1. The van der Waals surface area contributed by atoms with Crippen molar-refractivity contribution >= 4 is 58.9 Å². The van der Waals surface area contributed by atoms with Gasteiger partial charge < -0.3 is 9.30 Å². The van der Waals surface area contributed by atoms with Crippen molar-refractivity contribution in [3.63, 3.8) is 0 Å². The van der Waals surface area contributed by atoms with E-state index in [2.05, 4.69) is 132 Å². The normalized spacial score (nSPS) is 18.0. The quantitative estimate of drug-likeness (QED) is 0.223. The van der Waals surface area contributed by atoms with E-state index in [0.717, 1.165) is 5.75 Å². The van der Waals surface area contributed by atoms with Crippen molar-refractivity contribution in [1.29, 1.82) is 0 Å². The SMILES string of the molecule is C1=CC2Oc3ccccc3C2C=C1c1cccc2c1sc1cc(-n3c4ccccc4c4ccccc43)ccc12. The predicted octanol–water partition coefficient (Wildman–Crippen LogP) is 9.65. The lowest BCUT2D eigenvalue weighted by Crippen LogP contribution is -2.16. The Balaban J connectivity index is 1.22. The maximum atomic E-state index is 6.21. The molecule has 5 aromatic carbocycles. The lowest BCUT2D eigenvalue weighted by atomic mass is 9.87. The van der Waals surface area contributed by atoms with Gasteiger partial charge in [-0.15, -0.1) is 11.3 Å². The molecule has 0 fully saturated rings. The molecule has 0 N–H and O–H groups in total. The minimum absolute atomic E-state index is 0.0848. The summed E-state index contributed by atoms with van der Waals surface area (Å²) >= 11 is 1.90. The molecule has 3 heterocycles. The fraction of sp³-hybridized carbons (Fsp3) is 0.0556. The average molecular weight is 518 g/mol. The highest BCUT2D eigenvalue weighted by Crippen LogP contribution is 2.46. The topological polar surface area (TPSA) is 14.2 Å². The molecule has 0 spiro atoms. The Morgan fingerprint density at radius 3 is 2.26 bits per heavy atom. The molecule has 2 nitrogen and oxygen atoms in total. The first-order valence-corrected chi connectivity index (χ1v) is 14.2. The van der Waals surface area contributed by atoms with Crippen LogP contribution in [0.5, 0.6) is 5.75 Å². The van der Waals surface area contributed by atoms with Crippen molar-refractivity contribution in [3.05, 3.63) is 139 Å². The molecule has 9 rings (SSSR count). The summed E-state index contributed by atoms with van der Waals surface area (Å²) in [6, 6.07) is 39.5. The van der Waals surface area contributed by atoms with Gasteiger partial charge in [0.05, 0.1) is 11.0 Å². The van der Waals surface area contributed by atoms with E-state index in [9.17, 15) is 0 Å². The third-order valence-corrected chi connectivity index (χ3v) is 9.55. The number of hydrogen-bond acceptors (Lipinski definition) is 2. The molecule has 39 heavy (non-hydrogen) atoms. The van der Waals surface area contributed by atoms with Crippen LogP contribution < -0.4 is 4.74 Å². The lowest BCUT2D eigenvalue weighted by molar-refractivity contribution is 0.269. The number of ether oxygens (including phenoxy) is 1. The number of rotatable bonds is 2. The number of hydrogen-bond donors (Lipinski definition) is 0. The maximum Gasteiger partial charge on any atom is 0.128 e. The second-order valence-electron chi connectivity index (χ2n) is 10.5. The molecular formula is C36H23NOS. The summed E-state index contributed by atoms with van der Waals surface area (Å²) in [5, 5.41) is 5.21. The van der Waals surface area contributed by atoms with Crippen LogP contribution in [0.25, 0.3) is 53.2 Å². The summed E-state index contributed by atoms with van der Waals surface area (Å²) in [7, 11) is 0. The van der Waals surface area contributed by atoms with E-state index < -0.39 is 0 Å². The molecule has 0 saturated carbocycles. The van der Waals surface area contributed by atoms with Crippen LogP contribution in [0.1, 0.15) is 17.0 Å². The van der Waals surface area contributed by atoms with Gasteiger partial charge in [-0.3, -0.25) is 0 Å². The maximum absolute atomic E-state index is 6.21. The van der Waals surface area contributed by atoms with Crippen molar-refractivity contribution in [2.45, 2.75) is 12.0 Å². The molecule has 1 aliphatic heterocycles. The summed E-state index contributed by atoms with van der Waals surface area (Å²) in [6.07, 6.45) is 6.96. The van der Waals surface area contributed by atoms with Crippen molar-refractivity contribution in [2.24, 2.45) is 0 Å². The van der Waals surface area contributed by atoms with Crippen LogP contribution in [0.2, 0.25) is 0 Å². The summed E-state index contributed by atoms with van der Waals surface area (Å²) in [6.45, 7) is 0. The largest absolute Gasteiger partial charge is 0.485 e. The van der Waals surface area contributed by atoms with E-state index >= 15 is 0 Å². The minimum atomic E-state index is 0.0848. The number of aromatic nitrogens is 1. The van der Waals surface area contributed by atoms with Crippen LogP contribution in [0.3, 0.4) is 0 Å². The Hall–Kier alpha value is -4.60. The van der Waals surface area contributed by atoms with E-state index in [4.69, 9.17) is 4.74 Å². The van der Waals surface area contributed by atoms with Gasteiger partial charge in [0, 0.05) is 48.1 Å². The van der Waals surface area contributed by atoms with Crippen molar-refractivity contribution in [1.82, 2.24) is 4.57 Å². The minimum Gasteiger partial charge on any atom is -0.485 e. The smallest absolute Gasteiger partial charge is 0.128 e. The van der Waals surface area contributed by atoms with Gasteiger partial charge in [0.2, 0.25) is 0 Å². The molecule has 2 aliphatic rings. The van der Waals surface area contributed by atoms with Gasteiger partial charge >= 0.3 is 0 Å². The number of benzene rings is 5. The molecule has 0 amide bonds. The second-order valence-corrected chi connectivity index (χ2v) is 11.5. The highest BCUT2D eigenvalue weighted by molar-refractivity contribution is 7.26. The molecule has 2 aromatic heterocycles. The molecule has 2 atom stereocenters. The summed E-state index contributed by atoms with van der Waals surface area (Å²) in [4.78, 5) is 0.